The van der Waals surface area contributed by atoms with Gasteiger partial charge in [0.15, 0.2) is 11.3 Å². The van der Waals surface area contributed by atoms with Gasteiger partial charge in [0.05, 0.1) is 28.4 Å². The molecule has 3 rings (SSSR count). The highest BCUT2D eigenvalue weighted by molar-refractivity contribution is 6.32. The second-order valence-corrected chi connectivity index (χ2v) is 6.33. The molecule has 0 saturated carbocycles. The summed E-state index contributed by atoms with van der Waals surface area (Å²) in [6.45, 7) is -0.129. The van der Waals surface area contributed by atoms with Gasteiger partial charge in [0.2, 0.25) is 0 Å². The Hall–Kier alpha value is -4.32. The first-order valence-corrected chi connectivity index (χ1v) is 8.47. The van der Waals surface area contributed by atoms with Crippen LogP contribution in [0.4, 0.5) is 5.69 Å². The van der Waals surface area contributed by atoms with Gasteiger partial charge in [-0.2, -0.15) is 15.8 Å². The molecule has 1 heterocycles. The molecule has 0 saturated heterocycles. The number of phenolic OH excluding ortho intramolecular Hbond substituents is 1. The highest BCUT2D eigenvalue weighted by Crippen LogP contribution is 2.35. The van der Waals surface area contributed by atoms with E-state index >= 15 is 0 Å². The zero-order chi connectivity index (χ0) is 21.1. The summed E-state index contributed by atoms with van der Waals surface area (Å²) < 4.78 is 0. The molecular formula is C20H10ClN5O3. The van der Waals surface area contributed by atoms with Gasteiger partial charge >= 0.3 is 0 Å². The van der Waals surface area contributed by atoms with Gasteiger partial charge < -0.3 is 10.4 Å². The molecule has 2 amide bonds. The Morgan fingerprint density at radius 1 is 1.03 bits per heavy atom. The summed E-state index contributed by atoms with van der Waals surface area (Å²) in [6.07, 6.45) is 0. The van der Waals surface area contributed by atoms with E-state index in [2.05, 4.69) is 5.32 Å². The number of hydrogen-bond donors (Lipinski definition) is 2. The van der Waals surface area contributed by atoms with Crippen molar-refractivity contribution in [1.82, 2.24) is 4.90 Å². The zero-order valence-electron chi connectivity index (χ0n) is 14.6. The molecule has 9 heteroatoms. The molecule has 2 N–H and O–H groups in total. The number of hydrogen-bond acceptors (Lipinski definition) is 7. The highest BCUT2D eigenvalue weighted by Gasteiger charge is 2.35. The molecule has 0 fully saturated rings. The van der Waals surface area contributed by atoms with Crippen molar-refractivity contribution in [3.8, 4) is 24.0 Å². The number of carbonyl (C=O) groups excluding carboxylic acids is 2. The first-order chi connectivity index (χ1) is 13.9. The Balaban J connectivity index is 1.96. The maximum atomic E-state index is 12.5. The van der Waals surface area contributed by atoms with E-state index in [1.807, 2.05) is 0 Å². The van der Waals surface area contributed by atoms with Gasteiger partial charge in [-0.25, -0.2) is 0 Å². The lowest BCUT2D eigenvalue weighted by molar-refractivity contribution is 0.0642. The van der Waals surface area contributed by atoms with Crippen molar-refractivity contribution in [3.05, 3.63) is 69.4 Å². The van der Waals surface area contributed by atoms with Crippen LogP contribution in [0.2, 0.25) is 5.02 Å². The molecule has 0 radical (unpaired) electrons. The summed E-state index contributed by atoms with van der Waals surface area (Å²) >= 11 is 6.03. The number of phenols is 1. The lowest BCUT2D eigenvalue weighted by Crippen LogP contribution is -2.29. The summed E-state index contributed by atoms with van der Waals surface area (Å²) in [5.41, 5.74) is 0.0699. The van der Waals surface area contributed by atoms with Gasteiger partial charge in [-0.1, -0.05) is 23.7 Å². The van der Waals surface area contributed by atoms with E-state index in [1.165, 1.54) is 12.1 Å². The minimum absolute atomic E-state index is 0.0522. The number of amides is 2. The number of benzene rings is 2. The number of imide groups is 1. The van der Waals surface area contributed by atoms with Crippen LogP contribution in [0, 0.1) is 34.0 Å². The summed E-state index contributed by atoms with van der Waals surface area (Å²) in [7, 11) is 0. The van der Waals surface area contributed by atoms with Crippen molar-refractivity contribution >= 4 is 29.1 Å². The molecule has 0 aliphatic carbocycles. The van der Waals surface area contributed by atoms with E-state index in [4.69, 9.17) is 27.4 Å². The molecule has 0 aromatic heterocycles. The van der Waals surface area contributed by atoms with Crippen molar-refractivity contribution in [2.45, 2.75) is 6.54 Å². The largest absolute Gasteiger partial charge is 0.504 e. The van der Waals surface area contributed by atoms with E-state index in [0.29, 0.717) is 16.7 Å². The van der Waals surface area contributed by atoms with Crippen molar-refractivity contribution in [3.63, 3.8) is 0 Å². The minimum Gasteiger partial charge on any atom is -0.504 e. The second-order valence-electron chi connectivity index (χ2n) is 5.93. The lowest BCUT2D eigenvalue weighted by atomic mass is 10.1. The van der Waals surface area contributed by atoms with Gasteiger partial charge in [0.1, 0.15) is 23.9 Å². The zero-order valence-corrected chi connectivity index (χ0v) is 15.4. The molecule has 29 heavy (non-hydrogen) atoms. The van der Waals surface area contributed by atoms with E-state index < -0.39 is 23.1 Å². The Morgan fingerprint density at radius 2 is 1.62 bits per heavy atom. The van der Waals surface area contributed by atoms with Gasteiger partial charge in [-0.05, 0) is 29.8 Å². The predicted molar refractivity (Wildman–Crippen MR) is 101 cm³/mol. The van der Waals surface area contributed by atoms with Gasteiger partial charge in [0.25, 0.3) is 11.8 Å². The number of halogens is 1. The Morgan fingerprint density at radius 3 is 2.14 bits per heavy atom. The van der Waals surface area contributed by atoms with Gasteiger partial charge in [0, 0.05) is 0 Å². The van der Waals surface area contributed by atoms with E-state index in [-0.39, 0.29) is 23.0 Å². The summed E-state index contributed by atoms with van der Waals surface area (Å²) in [4.78, 5) is 26.1. The molecule has 0 bridgehead atoms. The first-order valence-electron chi connectivity index (χ1n) is 8.09. The normalized spacial score (nSPS) is 11.9. The fourth-order valence-electron chi connectivity index (χ4n) is 2.82. The average molecular weight is 404 g/mol. The SMILES string of the molecule is N#CC(C#N)=C(C#N)Nc1cc(CN2C(=O)c3ccccc3C2=O)cc(Cl)c1O. The molecule has 0 unspecified atom stereocenters. The van der Waals surface area contributed by atoms with Crippen LogP contribution in [0.1, 0.15) is 26.3 Å². The Labute approximate surface area is 170 Å². The van der Waals surface area contributed by atoms with Crippen LogP contribution in [0.25, 0.3) is 0 Å². The summed E-state index contributed by atoms with van der Waals surface area (Å²) in [5, 5.41) is 39.6. The molecule has 2 aromatic carbocycles. The van der Waals surface area contributed by atoms with Crippen LogP contribution in [-0.4, -0.2) is 21.8 Å². The Bertz CT molecular complexity index is 1160. The third-order valence-corrected chi connectivity index (χ3v) is 4.48. The first kappa shape index (κ1) is 19.4. The number of anilines is 1. The predicted octanol–water partition coefficient (Wildman–Crippen LogP) is 3.08. The van der Waals surface area contributed by atoms with Gasteiger partial charge in [-0.15, -0.1) is 0 Å². The third kappa shape index (κ3) is 3.46. The van der Waals surface area contributed by atoms with E-state index in [0.717, 1.165) is 4.90 Å². The maximum absolute atomic E-state index is 12.5. The van der Waals surface area contributed by atoms with Crippen molar-refractivity contribution in [1.29, 1.82) is 15.8 Å². The second kappa shape index (κ2) is 7.74. The quantitative estimate of drug-likeness (QED) is 0.453. The average Bonchev–Trinajstić information content (AvgIpc) is 2.96. The van der Waals surface area contributed by atoms with Crippen LogP contribution in [0.3, 0.4) is 0 Å². The number of rotatable bonds is 4. The van der Waals surface area contributed by atoms with Crippen LogP contribution in [-0.2, 0) is 6.54 Å². The summed E-state index contributed by atoms with van der Waals surface area (Å²) in [5.74, 6) is -1.34. The number of nitriles is 3. The molecule has 0 atom stereocenters. The number of fused-ring (bicyclic) bond motifs is 1. The van der Waals surface area contributed by atoms with Crippen LogP contribution in [0.15, 0.2) is 47.7 Å². The standard InChI is InChI=1S/C20H10ClN5O3/c21-15-5-11(6-16(18(15)27)25-17(9-24)12(7-22)8-23)10-26-19(28)13-3-1-2-4-14(13)20(26)29/h1-6,25,27H,10H2. The molecule has 8 nitrogen and oxygen atoms in total. The number of allylic oxidation sites excluding steroid dienone is 2. The fourth-order valence-corrected chi connectivity index (χ4v) is 3.07. The van der Waals surface area contributed by atoms with E-state index in [9.17, 15) is 14.7 Å². The molecule has 0 spiro atoms. The fraction of sp³-hybridized carbons (Fsp3) is 0.0500. The van der Waals surface area contributed by atoms with Gasteiger partial charge in [-0.3, -0.25) is 14.5 Å². The van der Waals surface area contributed by atoms with Crippen molar-refractivity contribution in [2.24, 2.45) is 0 Å². The van der Waals surface area contributed by atoms with Crippen LogP contribution >= 0.6 is 11.6 Å². The van der Waals surface area contributed by atoms with E-state index in [1.54, 1.807) is 42.5 Å². The van der Waals surface area contributed by atoms with Crippen LogP contribution in [0.5, 0.6) is 5.75 Å². The highest BCUT2D eigenvalue weighted by atomic mass is 35.5. The molecule has 140 valence electrons. The topological polar surface area (TPSA) is 141 Å². The number of nitrogens with one attached hydrogen (secondary N) is 1. The molecule has 2 aromatic rings. The number of nitrogens with zero attached hydrogens (tertiary/aromatic N) is 4. The van der Waals surface area contributed by atoms with Crippen molar-refractivity contribution in [2.75, 3.05) is 5.32 Å². The molecule has 1 aliphatic rings. The third-order valence-electron chi connectivity index (χ3n) is 4.19. The molecule has 1 aliphatic heterocycles. The molecular weight excluding hydrogens is 394 g/mol. The lowest BCUT2D eigenvalue weighted by Gasteiger charge is -2.16. The number of carbonyl (C=O) groups is 2. The monoisotopic (exact) mass is 403 g/mol. The number of aromatic hydroxyl groups is 1. The Kier molecular flexibility index (Phi) is 5.19. The van der Waals surface area contributed by atoms with Crippen LogP contribution < -0.4 is 5.32 Å². The smallest absolute Gasteiger partial charge is 0.261 e. The maximum Gasteiger partial charge on any atom is 0.261 e. The summed E-state index contributed by atoms with van der Waals surface area (Å²) in [6, 6.07) is 14.0. The van der Waals surface area contributed by atoms with Crippen molar-refractivity contribution < 1.29 is 14.7 Å². The minimum atomic E-state index is -0.478.